The Morgan fingerprint density at radius 1 is 1.32 bits per heavy atom. The molecule has 1 aromatic rings. The van der Waals surface area contributed by atoms with Crippen molar-refractivity contribution in [3.8, 4) is 23.8 Å². The highest BCUT2D eigenvalue weighted by Gasteiger charge is 2.15. The lowest BCUT2D eigenvalue weighted by molar-refractivity contribution is 0.102. The summed E-state index contributed by atoms with van der Waals surface area (Å²) >= 11 is 0. The predicted molar refractivity (Wildman–Crippen MR) is 75.4 cm³/mol. The molecule has 0 amide bonds. The van der Waals surface area contributed by atoms with E-state index in [1.807, 2.05) is 13.8 Å². The lowest BCUT2D eigenvalue weighted by atomic mass is 10.1. The number of rotatable bonds is 7. The van der Waals surface area contributed by atoms with Gasteiger partial charge in [0.05, 0.1) is 12.6 Å². The molecule has 4 nitrogen and oxygen atoms in total. The second kappa shape index (κ2) is 7.03. The Morgan fingerprint density at radius 2 is 1.89 bits per heavy atom. The van der Waals surface area contributed by atoms with Crippen LogP contribution in [0.5, 0.6) is 11.5 Å². The number of terminal acetylenes is 1. The number of aliphatic hydroxyl groups excluding tert-OH is 1. The van der Waals surface area contributed by atoms with Gasteiger partial charge in [-0.3, -0.25) is 5.32 Å². The summed E-state index contributed by atoms with van der Waals surface area (Å²) in [7, 11) is 1.61. The number of methoxy groups -OCH3 is 1. The first kappa shape index (κ1) is 15.4. The first-order valence-corrected chi connectivity index (χ1v) is 6.14. The molecule has 1 unspecified atom stereocenters. The topological polar surface area (TPSA) is 50.7 Å². The number of benzene rings is 1. The molecule has 0 heterocycles. The van der Waals surface area contributed by atoms with Crippen molar-refractivity contribution in [1.82, 2.24) is 5.32 Å². The number of aliphatic hydroxyl groups is 1. The van der Waals surface area contributed by atoms with Crippen LogP contribution in [0.4, 0.5) is 0 Å². The van der Waals surface area contributed by atoms with Crippen LogP contribution in [-0.4, -0.2) is 37.0 Å². The van der Waals surface area contributed by atoms with Gasteiger partial charge in [0.2, 0.25) is 0 Å². The minimum atomic E-state index is -0.616. The quantitative estimate of drug-likeness (QED) is 0.731. The summed E-state index contributed by atoms with van der Waals surface area (Å²) in [6, 6.07) is 7.21. The molecule has 1 atom stereocenters. The largest absolute Gasteiger partial charge is 0.497 e. The predicted octanol–water partition coefficient (Wildman–Crippen LogP) is 1.44. The van der Waals surface area contributed by atoms with E-state index < -0.39 is 11.6 Å². The van der Waals surface area contributed by atoms with Gasteiger partial charge in [0.15, 0.2) is 0 Å². The van der Waals surface area contributed by atoms with Crippen LogP contribution < -0.4 is 14.8 Å². The van der Waals surface area contributed by atoms with Gasteiger partial charge in [-0.2, -0.15) is 0 Å². The summed E-state index contributed by atoms with van der Waals surface area (Å²) in [5, 5.41) is 12.9. The molecule has 0 fully saturated rings. The fourth-order valence-corrected chi connectivity index (χ4v) is 1.35. The molecule has 0 aliphatic carbocycles. The molecule has 1 aromatic carbocycles. The maximum Gasteiger partial charge on any atom is 0.119 e. The molecule has 4 heteroatoms. The molecule has 2 N–H and O–H groups in total. The smallest absolute Gasteiger partial charge is 0.119 e. The van der Waals surface area contributed by atoms with E-state index in [-0.39, 0.29) is 6.61 Å². The number of ether oxygens (including phenoxy) is 2. The monoisotopic (exact) mass is 263 g/mol. The van der Waals surface area contributed by atoms with Crippen molar-refractivity contribution in [3.05, 3.63) is 24.3 Å². The van der Waals surface area contributed by atoms with Crippen LogP contribution in [0.25, 0.3) is 0 Å². The van der Waals surface area contributed by atoms with E-state index in [0.717, 1.165) is 5.75 Å². The Bertz CT molecular complexity index is 420. The lowest BCUT2D eigenvalue weighted by Crippen LogP contribution is -2.43. The standard InChI is InChI=1S/C15H21NO3/c1-5-15(2,3)16-10-12(17)11-19-14-8-6-13(18-4)7-9-14/h1,6-9,12,16-17H,10-11H2,2-4H3. The highest BCUT2D eigenvalue weighted by atomic mass is 16.5. The molecule has 0 aromatic heterocycles. The average molecular weight is 263 g/mol. The van der Waals surface area contributed by atoms with Gasteiger partial charge in [-0.25, -0.2) is 0 Å². The molecule has 0 saturated heterocycles. The van der Waals surface area contributed by atoms with E-state index in [9.17, 15) is 5.11 Å². The second-order valence-electron chi connectivity index (χ2n) is 4.79. The number of hydrogen-bond donors (Lipinski definition) is 2. The average Bonchev–Trinajstić information content (AvgIpc) is 2.43. The van der Waals surface area contributed by atoms with Gasteiger partial charge in [0.1, 0.15) is 24.2 Å². The first-order chi connectivity index (χ1) is 8.96. The third kappa shape index (κ3) is 5.64. The van der Waals surface area contributed by atoms with Crippen LogP contribution in [0.2, 0.25) is 0 Å². The summed E-state index contributed by atoms with van der Waals surface area (Å²) in [6.07, 6.45) is 4.73. The molecule has 104 valence electrons. The summed E-state index contributed by atoms with van der Waals surface area (Å²) in [5.41, 5.74) is -0.429. The number of β-amino-alcohol motifs (C(OH)–C–C–N with tert-alkyl or cyclic N) is 1. The molecular formula is C15H21NO3. The van der Waals surface area contributed by atoms with E-state index in [2.05, 4.69) is 11.2 Å². The fraction of sp³-hybridized carbons (Fsp3) is 0.467. The van der Waals surface area contributed by atoms with Crippen molar-refractivity contribution >= 4 is 0 Å². The summed E-state index contributed by atoms with van der Waals surface area (Å²) < 4.78 is 10.5. The number of hydrogen-bond acceptors (Lipinski definition) is 4. The summed E-state index contributed by atoms with van der Waals surface area (Å²) in [6.45, 7) is 4.35. The molecule has 0 aliphatic rings. The zero-order valence-electron chi connectivity index (χ0n) is 11.6. The number of nitrogens with one attached hydrogen (secondary N) is 1. The lowest BCUT2D eigenvalue weighted by Gasteiger charge is -2.22. The highest BCUT2D eigenvalue weighted by Crippen LogP contribution is 2.17. The van der Waals surface area contributed by atoms with Crippen molar-refractivity contribution in [3.63, 3.8) is 0 Å². The van der Waals surface area contributed by atoms with Crippen LogP contribution in [0.3, 0.4) is 0 Å². The van der Waals surface area contributed by atoms with Crippen molar-refractivity contribution < 1.29 is 14.6 Å². The van der Waals surface area contributed by atoms with Crippen LogP contribution in [-0.2, 0) is 0 Å². The van der Waals surface area contributed by atoms with Crippen molar-refractivity contribution in [2.24, 2.45) is 0 Å². The normalized spacial score (nSPS) is 12.6. The van der Waals surface area contributed by atoms with E-state index in [0.29, 0.717) is 12.3 Å². The minimum absolute atomic E-state index is 0.208. The van der Waals surface area contributed by atoms with Crippen molar-refractivity contribution in [2.45, 2.75) is 25.5 Å². The van der Waals surface area contributed by atoms with Crippen LogP contribution in [0.1, 0.15) is 13.8 Å². The first-order valence-electron chi connectivity index (χ1n) is 6.14. The maximum atomic E-state index is 9.79. The van der Waals surface area contributed by atoms with Gasteiger partial charge in [-0.1, -0.05) is 5.92 Å². The van der Waals surface area contributed by atoms with Gasteiger partial charge < -0.3 is 14.6 Å². The Morgan fingerprint density at radius 3 is 2.42 bits per heavy atom. The van der Waals surface area contributed by atoms with Crippen LogP contribution >= 0.6 is 0 Å². The Balaban J connectivity index is 2.33. The minimum Gasteiger partial charge on any atom is -0.497 e. The maximum absolute atomic E-state index is 9.79. The van der Waals surface area contributed by atoms with E-state index in [1.165, 1.54) is 0 Å². The van der Waals surface area contributed by atoms with Gasteiger partial charge in [-0.15, -0.1) is 6.42 Å². The molecular weight excluding hydrogens is 242 g/mol. The highest BCUT2D eigenvalue weighted by molar-refractivity contribution is 5.31. The zero-order valence-corrected chi connectivity index (χ0v) is 11.6. The third-order valence-electron chi connectivity index (χ3n) is 2.64. The molecule has 0 aliphatic heterocycles. The summed E-state index contributed by atoms with van der Waals surface area (Å²) in [4.78, 5) is 0. The second-order valence-corrected chi connectivity index (χ2v) is 4.79. The van der Waals surface area contributed by atoms with Crippen molar-refractivity contribution in [1.29, 1.82) is 0 Å². The zero-order chi connectivity index (χ0) is 14.3. The molecule has 0 saturated carbocycles. The third-order valence-corrected chi connectivity index (χ3v) is 2.64. The van der Waals surface area contributed by atoms with Crippen molar-refractivity contribution in [2.75, 3.05) is 20.3 Å². The molecule has 0 radical (unpaired) electrons. The van der Waals surface area contributed by atoms with E-state index in [1.54, 1.807) is 31.4 Å². The van der Waals surface area contributed by atoms with E-state index in [4.69, 9.17) is 15.9 Å². The van der Waals surface area contributed by atoms with Crippen LogP contribution in [0.15, 0.2) is 24.3 Å². The summed E-state index contributed by atoms with van der Waals surface area (Å²) in [5.74, 6) is 4.07. The molecule has 0 spiro atoms. The fourth-order valence-electron chi connectivity index (χ4n) is 1.35. The Kier molecular flexibility index (Phi) is 5.68. The van der Waals surface area contributed by atoms with Gasteiger partial charge in [0, 0.05) is 6.54 Å². The van der Waals surface area contributed by atoms with E-state index >= 15 is 0 Å². The SMILES string of the molecule is C#CC(C)(C)NCC(O)COc1ccc(OC)cc1. The van der Waals surface area contributed by atoms with Gasteiger partial charge >= 0.3 is 0 Å². The van der Waals surface area contributed by atoms with Crippen LogP contribution in [0, 0.1) is 12.3 Å². The Labute approximate surface area is 114 Å². The van der Waals surface area contributed by atoms with Gasteiger partial charge in [0.25, 0.3) is 0 Å². The molecule has 0 bridgehead atoms. The molecule has 19 heavy (non-hydrogen) atoms. The molecule has 1 rings (SSSR count). The van der Waals surface area contributed by atoms with Gasteiger partial charge in [-0.05, 0) is 38.1 Å². The Hall–Kier alpha value is -1.70.